The van der Waals surface area contributed by atoms with E-state index in [0.717, 1.165) is 9.87 Å². The van der Waals surface area contributed by atoms with E-state index in [2.05, 4.69) is 0 Å². The van der Waals surface area contributed by atoms with Crippen molar-refractivity contribution in [1.29, 1.82) is 0 Å². The highest BCUT2D eigenvalue weighted by Crippen LogP contribution is 2.29. The molecule has 0 spiro atoms. The lowest BCUT2D eigenvalue weighted by molar-refractivity contribution is -0.151. The Morgan fingerprint density at radius 1 is 1.09 bits per heavy atom. The first-order valence-corrected chi connectivity index (χ1v) is 12.7. The van der Waals surface area contributed by atoms with Crippen molar-refractivity contribution in [3.63, 3.8) is 0 Å². The van der Waals surface area contributed by atoms with Gasteiger partial charge in [0.15, 0.2) is 0 Å². The Labute approximate surface area is 200 Å². The Kier molecular flexibility index (Phi) is 8.02. The fourth-order valence-corrected chi connectivity index (χ4v) is 5.59. The molecule has 0 N–H and O–H groups in total. The highest BCUT2D eigenvalue weighted by Gasteiger charge is 2.33. The molecule has 0 saturated carbocycles. The molecule has 3 rings (SSSR count). The number of ether oxygens (including phenoxy) is 1. The van der Waals surface area contributed by atoms with E-state index in [-0.39, 0.29) is 29.2 Å². The number of carbonyl (C=O) groups excluding carboxylic acids is 2. The summed E-state index contributed by atoms with van der Waals surface area (Å²) in [4.78, 5) is 26.9. The van der Waals surface area contributed by atoms with Crippen LogP contribution in [0.5, 0.6) is 0 Å². The zero-order valence-electron chi connectivity index (χ0n) is 19.1. The van der Waals surface area contributed by atoms with Gasteiger partial charge in [0.1, 0.15) is 6.54 Å². The topological polar surface area (TPSA) is 84.0 Å². The van der Waals surface area contributed by atoms with Crippen LogP contribution in [-0.4, -0.2) is 51.4 Å². The molecule has 2 aromatic carbocycles. The fraction of sp³-hybridized carbons (Fsp3) is 0.417. The van der Waals surface area contributed by atoms with Gasteiger partial charge in [0.25, 0.3) is 10.0 Å². The number of amides is 1. The molecule has 33 heavy (non-hydrogen) atoms. The van der Waals surface area contributed by atoms with Crippen molar-refractivity contribution in [1.82, 2.24) is 4.90 Å². The first kappa shape index (κ1) is 25.1. The molecule has 0 aliphatic carbocycles. The molecule has 0 bridgehead atoms. The van der Waals surface area contributed by atoms with Crippen LogP contribution in [0.4, 0.5) is 5.69 Å². The van der Waals surface area contributed by atoms with Gasteiger partial charge in [0, 0.05) is 18.1 Å². The molecule has 9 heteroatoms. The number of esters is 1. The highest BCUT2D eigenvalue weighted by molar-refractivity contribution is 7.92. The summed E-state index contributed by atoms with van der Waals surface area (Å²) < 4.78 is 33.4. The molecule has 0 unspecified atom stereocenters. The highest BCUT2D eigenvalue weighted by atomic mass is 35.5. The van der Waals surface area contributed by atoms with Crippen molar-refractivity contribution in [3.8, 4) is 0 Å². The second-order valence-electron chi connectivity index (χ2n) is 8.16. The Hall–Kier alpha value is -2.58. The number of likely N-dealkylation sites (tertiary alicyclic amines) is 1. The van der Waals surface area contributed by atoms with E-state index in [9.17, 15) is 18.0 Å². The van der Waals surface area contributed by atoms with Crippen LogP contribution < -0.4 is 4.31 Å². The van der Waals surface area contributed by atoms with Gasteiger partial charge < -0.3 is 9.64 Å². The van der Waals surface area contributed by atoms with Crippen molar-refractivity contribution in [3.05, 3.63) is 58.6 Å². The summed E-state index contributed by atoms with van der Waals surface area (Å²) in [5.74, 6) is -0.799. The summed E-state index contributed by atoms with van der Waals surface area (Å²) >= 11 is 6.08. The summed E-state index contributed by atoms with van der Waals surface area (Å²) in [6, 6.07) is 11.4. The van der Waals surface area contributed by atoms with Gasteiger partial charge in [-0.05, 0) is 69.5 Å². The van der Waals surface area contributed by atoms with Gasteiger partial charge >= 0.3 is 5.97 Å². The van der Waals surface area contributed by atoms with Gasteiger partial charge in [0.05, 0.1) is 23.1 Å². The van der Waals surface area contributed by atoms with Crippen molar-refractivity contribution in [2.75, 3.05) is 30.5 Å². The van der Waals surface area contributed by atoms with E-state index in [1.165, 1.54) is 12.1 Å². The standard InChI is InChI=1S/C24H29ClN2O5S/c1-4-32-24(29)19-11-13-26(14-12-19)23(28)16-27(22-10-7-20(25)15-18(22)3)33(30,31)21-8-5-17(2)6-9-21/h5-10,15,19H,4,11-14,16H2,1-3H3. The maximum atomic E-state index is 13.6. The number of carbonyl (C=O) groups is 2. The monoisotopic (exact) mass is 492 g/mol. The Balaban J connectivity index is 1.85. The van der Waals surface area contributed by atoms with Crippen molar-refractivity contribution in [2.24, 2.45) is 5.92 Å². The lowest BCUT2D eigenvalue weighted by atomic mass is 9.97. The zero-order chi connectivity index (χ0) is 24.2. The van der Waals surface area contributed by atoms with Crippen LogP contribution in [0.3, 0.4) is 0 Å². The number of nitrogens with zero attached hydrogens (tertiary/aromatic N) is 2. The SMILES string of the molecule is CCOC(=O)C1CCN(C(=O)CN(c2ccc(Cl)cc2C)S(=O)(=O)c2ccc(C)cc2)CC1. The predicted octanol–water partition coefficient (Wildman–Crippen LogP) is 3.95. The van der Waals surface area contributed by atoms with Crippen LogP contribution in [-0.2, 0) is 24.3 Å². The molecular formula is C24H29ClN2O5S. The number of halogens is 1. The lowest BCUT2D eigenvalue weighted by Gasteiger charge is -2.33. The minimum Gasteiger partial charge on any atom is -0.466 e. The molecular weight excluding hydrogens is 464 g/mol. The van der Waals surface area contributed by atoms with Crippen molar-refractivity contribution in [2.45, 2.75) is 38.5 Å². The Bertz CT molecular complexity index is 1110. The fourth-order valence-electron chi connectivity index (χ4n) is 3.88. The molecule has 0 atom stereocenters. The number of hydrogen-bond donors (Lipinski definition) is 0. The summed E-state index contributed by atoms with van der Waals surface area (Å²) in [6.45, 7) is 6.13. The maximum Gasteiger partial charge on any atom is 0.309 e. The molecule has 1 heterocycles. The van der Waals surface area contributed by atoms with Gasteiger partial charge in [-0.25, -0.2) is 8.42 Å². The van der Waals surface area contributed by atoms with Crippen LogP contribution in [0.2, 0.25) is 5.02 Å². The Morgan fingerprint density at radius 3 is 2.30 bits per heavy atom. The third-order valence-electron chi connectivity index (χ3n) is 5.78. The third kappa shape index (κ3) is 5.86. The summed E-state index contributed by atoms with van der Waals surface area (Å²) in [5.41, 5.74) is 1.98. The summed E-state index contributed by atoms with van der Waals surface area (Å²) in [5, 5.41) is 0.483. The quantitative estimate of drug-likeness (QED) is 0.546. The number of anilines is 1. The third-order valence-corrected chi connectivity index (χ3v) is 7.79. The zero-order valence-corrected chi connectivity index (χ0v) is 20.7. The average molecular weight is 493 g/mol. The van der Waals surface area contributed by atoms with Crippen molar-refractivity contribution < 1.29 is 22.7 Å². The van der Waals surface area contributed by atoms with Crippen LogP contribution in [0.25, 0.3) is 0 Å². The smallest absolute Gasteiger partial charge is 0.309 e. The van der Waals surface area contributed by atoms with Gasteiger partial charge in [-0.2, -0.15) is 0 Å². The van der Waals surface area contributed by atoms with Crippen LogP contribution >= 0.6 is 11.6 Å². The number of sulfonamides is 1. The average Bonchev–Trinajstić information content (AvgIpc) is 2.78. The summed E-state index contributed by atoms with van der Waals surface area (Å²) in [7, 11) is -4.00. The molecule has 1 amide bonds. The van der Waals surface area contributed by atoms with Gasteiger partial charge in [-0.15, -0.1) is 0 Å². The number of benzene rings is 2. The molecule has 178 valence electrons. The van der Waals surface area contributed by atoms with E-state index in [4.69, 9.17) is 16.3 Å². The minimum atomic E-state index is -4.00. The minimum absolute atomic E-state index is 0.108. The van der Waals surface area contributed by atoms with E-state index < -0.39 is 10.0 Å². The van der Waals surface area contributed by atoms with Crippen LogP contribution in [0.15, 0.2) is 47.4 Å². The Morgan fingerprint density at radius 2 is 1.73 bits per heavy atom. The van der Waals surface area contributed by atoms with E-state index in [1.807, 2.05) is 6.92 Å². The molecule has 1 aliphatic rings. The maximum absolute atomic E-state index is 13.6. The molecule has 1 fully saturated rings. The van der Waals surface area contributed by atoms with Crippen molar-refractivity contribution >= 4 is 39.2 Å². The first-order valence-electron chi connectivity index (χ1n) is 10.9. The first-order chi connectivity index (χ1) is 15.6. The summed E-state index contributed by atoms with van der Waals surface area (Å²) in [6.07, 6.45) is 0.991. The lowest BCUT2D eigenvalue weighted by Crippen LogP contribution is -2.47. The second-order valence-corrected chi connectivity index (χ2v) is 10.5. The van der Waals surface area contributed by atoms with Crippen LogP contribution in [0, 0.1) is 19.8 Å². The number of rotatable bonds is 7. The normalized spacial score (nSPS) is 14.7. The van der Waals surface area contributed by atoms with E-state index in [0.29, 0.717) is 48.8 Å². The predicted molar refractivity (Wildman–Crippen MR) is 128 cm³/mol. The largest absolute Gasteiger partial charge is 0.466 e. The number of piperidine rings is 1. The number of aryl methyl sites for hydroxylation is 2. The van der Waals surface area contributed by atoms with Gasteiger partial charge in [-0.1, -0.05) is 29.3 Å². The molecule has 7 nitrogen and oxygen atoms in total. The molecule has 1 aliphatic heterocycles. The molecule has 2 aromatic rings. The van der Waals surface area contributed by atoms with E-state index >= 15 is 0 Å². The number of hydrogen-bond acceptors (Lipinski definition) is 5. The van der Waals surface area contributed by atoms with Crippen LogP contribution in [0.1, 0.15) is 30.9 Å². The molecule has 1 saturated heterocycles. The molecule has 0 aromatic heterocycles. The molecule has 0 radical (unpaired) electrons. The van der Waals surface area contributed by atoms with Gasteiger partial charge in [0.2, 0.25) is 5.91 Å². The second kappa shape index (κ2) is 10.6. The van der Waals surface area contributed by atoms with E-state index in [1.54, 1.807) is 49.1 Å². The van der Waals surface area contributed by atoms with Gasteiger partial charge in [-0.3, -0.25) is 13.9 Å².